The summed E-state index contributed by atoms with van der Waals surface area (Å²) < 4.78 is 5.64. The Labute approximate surface area is 112 Å². The summed E-state index contributed by atoms with van der Waals surface area (Å²) in [5.74, 6) is 1.77. The first-order valence-electron chi connectivity index (χ1n) is 7.73. The Balaban J connectivity index is 1.55. The average molecular weight is 254 g/mol. The molecule has 2 aliphatic carbocycles. The van der Waals surface area contributed by atoms with Crippen LogP contribution in [0.4, 0.5) is 0 Å². The van der Waals surface area contributed by atoms with Crippen molar-refractivity contribution in [1.82, 2.24) is 5.32 Å². The molecule has 0 aromatic rings. The van der Waals surface area contributed by atoms with Crippen molar-refractivity contribution in [1.29, 1.82) is 0 Å². The lowest BCUT2D eigenvalue weighted by Crippen LogP contribution is -2.43. The minimum atomic E-state index is 0.364. The van der Waals surface area contributed by atoms with E-state index in [1.165, 1.54) is 38.5 Å². The van der Waals surface area contributed by atoms with Crippen LogP contribution < -0.4 is 11.1 Å². The number of nitrogens with one attached hydrogen (secondary N) is 1. The maximum absolute atomic E-state index is 6.00. The summed E-state index contributed by atoms with van der Waals surface area (Å²) in [6.45, 7) is 7.07. The average Bonchev–Trinajstić information content (AvgIpc) is 3.20. The highest BCUT2D eigenvalue weighted by Crippen LogP contribution is 2.37. The van der Waals surface area contributed by atoms with E-state index in [1.54, 1.807) is 0 Å². The van der Waals surface area contributed by atoms with Crippen LogP contribution in [0, 0.1) is 17.3 Å². The molecule has 0 unspecified atom stereocenters. The van der Waals surface area contributed by atoms with Gasteiger partial charge in [-0.15, -0.1) is 0 Å². The van der Waals surface area contributed by atoms with E-state index < -0.39 is 0 Å². The molecule has 0 atom stereocenters. The standard InChI is InChI=1S/C15H30N2O/c1-13-4-6-15(11-16,7-5-13)12-17-8-9-18-10-14-2-3-14/h13-14,17H,2-12,16H2,1H3. The molecule has 3 heteroatoms. The summed E-state index contributed by atoms with van der Waals surface area (Å²) in [4.78, 5) is 0. The van der Waals surface area contributed by atoms with E-state index >= 15 is 0 Å². The smallest absolute Gasteiger partial charge is 0.0591 e. The third-order valence-electron chi connectivity index (χ3n) is 4.74. The van der Waals surface area contributed by atoms with E-state index in [1.807, 2.05) is 0 Å². The van der Waals surface area contributed by atoms with Gasteiger partial charge in [-0.2, -0.15) is 0 Å². The van der Waals surface area contributed by atoms with Gasteiger partial charge in [-0.3, -0.25) is 0 Å². The molecule has 3 nitrogen and oxygen atoms in total. The molecule has 3 N–H and O–H groups in total. The van der Waals surface area contributed by atoms with Gasteiger partial charge in [0.05, 0.1) is 6.61 Å². The summed E-state index contributed by atoms with van der Waals surface area (Å²) in [5, 5.41) is 3.55. The molecular weight excluding hydrogens is 224 g/mol. The van der Waals surface area contributed by atoms with Gasteiger partial charge in [0.1, 0.15) is 0 Å². The SMILES string of the molecule is CC1CCC(CN)(CNCCOCC2CC2)CC1. The lowest BCUT2D eigenvalue weighted by Gasteiger charge is -2.38. The van der Waals surface area contributed by atoms with Crippen LogP contribution in [0.15, 0.2) is 0 Å². The molecule has 0 bridgehead atoms. The maximum Gasteiger partial charge on any atom is 0.0591 e. The van der Waals surface area contributed by atoms with Crippen molar-refractivity contribution < 1.29 is 4.74 Å². The van der Waals surface area contributed by atoms with E-state index in [0.29, 0.717) is 5.41 Å². The molecule has 0 aromatic heterocycles. The van der Waals surface area contributed by atoms with Crippen molar-refractivity contribution in [2.75, 3.05) is 32.8 Å². The second kappa shape index (κ2) is 6.88. The first kappa shape index (κ1) is 14.3. The highest BCUT2D eigenvalue weighted by molar-refractivity contribution is 4.87. The zero-order chi connectivity index (χ0) is 12.8. The Morgan fingerprint density at radius 1 is 1.22 bits per heavy atom. The lowest BCUT2D eigenvalue weighted by molar-refractivity contribution is 0.116. The van der Waals surface area contributed by atoms with Crippen LogP contribution in [-0.4, -0.2) is 32.8 Å². The monoisotopic (exact) mass is 254 g/mol. The third-order valence-corrected chi connectivity index (χ3v) is 4.74. The summed E-state index contributed by atoms with van der Waals surface area (Å²) in [6.07, 6.45) is 8.03. The number of nitrogens with two attached hydrogens (primary N) is 1. The topological polar surface area (TPSA) is 47.3 Å². The fraction of sp³-hybridized carbons (Fsp3) is 1.00. The van der Waals surface area contributed by atoms with Gasteiger partial charge in [-0.1, -0.05) is 19.8 Å². The van der Waals surface area contributed by atoms with Crippen molar-refractivity contribution in [2.24, 2.45) is 23.0 Å². The van der Waals surface area contributed by atoms with Gasteiger partial charge >= 0.3 is 0 Å². The molecular formula is C15H30N2O. The van der Waals surface area contributed by atoms with Crippen molar-refractivity contribution in [3.63, 3.8) is 0 Å². The number of ether oxygens (including phenoxy) is 1. The quantitative estimate of drug-likeness (QED) is 0.653. The van der Waals surface area contributed by atoms with E-state index in [-0.39, 0.29) is 0 Å². The molecule has 0 amide bonds. The molecule has 2 fully saturated rings. The van der Waals surface area contributed by atoms with E-state index in [0.717, 1.165) is 44.7 Å². The zero-order valence-corrected chi connectivity index (χ0v) is 11.9. The van der Waals surface area contributed by atoms with Gasteiger partial charge in [0.2, 0.25) is 0 Å². The minimum absolute atomic E-state index is 0.364. The van der Waals surface area contributed by atoms with Crippen molar-refractivity contribution in [3.8, 4) is 0 Å². The molecule has 0 spiro atoms. The molecule has 0 aromatic carbocycles. The van der Waals surface area contributed by atoms with Crippen LogP contribution in [0.2, 0.25) is 0 Å². The van der Waals surface area contributed by atoms with Gasteiger partial charge in [-0.05, 0) is 49.5 Å². The van der Waals surface area contributed by atoms with Crippen LogP contribution in [0.5, 0.6) is 0 Å². The van der Waals surface area contributed by atoms with E-state index in [9.17, 15) is 0 Å². The molecule has 0 heterocycles. The highest BCUT2D eigenvalue weighted by atomic mass is 16.5. The van der Waals surface area contributed by atoms with Gasteiger partial charge < -0.3 is 15.8 Å². The third kappa shape index (κ3) is 4.52. The van der Waals surface area contributed by atoms with Crippen LogP contribution in [0.1, 0.15) is 45.4 Å². The molecule has 0 saturated heterocycles. The number of hydrogen-bond donors (Lipinski definition) is 2. The molecule has 0 radical (unpaired) electrons. The van der Waals surface area contributed by atoms with E-state index in [2.05, 4.69) is 12.2 Å². The predicted molar refractivity (Wildman–Crippen MR) is 75.5 cm³/mol. The zero-order valence-electron chi connectivity index (χ0n) is 11.9. The van der Waals surface area contributed by atoms with Crippen LogP contribution in [-0.2, 0) is 4.74 Å². The summed E-state index contributed by atoms with van der Waals surface area (Å²) in [6, 6.07) is 0. The highest BCUT2D eigenvalue weighted by Gasteiger charge is 2.32. The molecule has 2 rings (SSSR count). The Morgan fingerprint density at radius 3 is 2.56 bits per heavy atom. The number of hydrogen-bond acceptors (Lipinski definition) is 3. The minimum Gasteiger partial charge on any atom is -0.380 e. The van der Waals surface area contributed by atoms with E-state index in [4.69, 9.17) is 10.5 Å². The number of rotatable bonds is 8. The van der Waals surface area contributed by atoms with Gasteiger partial charge in [0.25, 0.3) is 0 Å². The van der Waals surface area contributed by atoms with Crippen LogP contribution in [0.25, 0.3) is 0 Å². The van der Waals surface area contributed by atoms with Gasteiger partial charge in [0, 0.05) is 19.7 Å². The van der Waals surface area contributed by atoms with Gasteiger partial charge in [-0.25, -0.2) is 0 Å². The Hall–Kier alpha value is -0.120. The van der Waals surface area contributed by atoms with Crippen molar-refractivity contribution in [2.45, 2.75) is 45.4 Å². The largest absolute Gasteiger partial charge is 0.380 e. The van der Waals surface area contributed by atoms with Crippen molar-refractivity contribution >= 4 is 0 Å². The molecule has 18 heavy (non-hydrogen) atoms. The summed E-state index contributed by atoms with van der Waals surface area (Å²) >= 11 is 0. The molecule has 106 valence electrons. The van der Waals surface area contributed by atoms with Crippen molar-refractivity contribution in [3.05, 3.63) is 0 Å². The second-order valence-corrected chi connectivity index (χ2v) is 6.58. The Kier molecular flexibility index (Phi) is 5.46. The Morgan fingerprint density at radius 2 is 1.94 bits per heavy atom. The van der Waals surface area contributed by atoms with Crippen LogP contribution in [0.3, 0.4) is 0 Å². The predicted octanol–water partition coefficient (Wildman–Crippen LogP) is 2.16. The molecule has 0 aliphatic heterocycles. The first-order chi connectivity index (χ1) is 8.74. The summed E-state index contributed by atoms with van der Waals surface area (Å²) in [7, 11) is 0. The fourth-order valence-corrected chi connectivity index (χ4v) is 2.86. The maximum atomic E-state index is 6.00. The molecule has 2 saturated carbocycles. The second-order valence-electron chi connectivity index (χ2n) is 6.58. The first-order valence-corrected chi connectivity index (χ1v) is 7.73. The van der Waals surface area contributed by atoms with Crippen LogP contribution >= 0.6 is 0 Å². The molecule has 2 aliphatic rings. The lowest BCUT2D eigenvalue weighted by atomic mass is 9.71. The summed E-state index contributed by atoms with van der Waals surface area (Å²) in [5.41, 5.74) is 6.37. The Bertz CT molecular complexity index is 233. The van der Waals surface area contributed by atoms with Gasteiger partial charge in [0.15, 0.2) is 0 Å². The normalized spacial score (nSPS) is 32.7. The fourth-order valence-electron chi connectivity index (χ4n) is 2.86.